The van der Waals surface area contributed by atoms with Gasteiger partial charge in [0.05, 0.1) is 6.10 Å². The van der Waals surface area contributed by atoms with E-state index in [1.807, 2.05) is 20.8 Å². The van der Waals surface area contributed by atoms with Crippen molar-refractivity contribution in [2.24, 2.45) is 0 Å². The molecule has 1 aromatic rings. The van der Waals surface area contributed by atoms with E-state index in [1.165, 1.54) is 18.2 Å². The summed E-state index contributed by atoms with van der Waals surface area (Å²) in [6.45, 7) is 7.27. The summed E-state index contributed by atoms with van der Waals surface area (Å²) in [5.41, 5.74) is 5.80. The summed E-state index contributed by atoms with van der Waals surface area (Å²) in [7, 11) is 0. The molecule has 4 N–H and O–H groups in total. The molecule has 36 heavy (non-hydrogen) atoms. The second kappa shape index (κ2) is 15.6. The van der Waals surface area contributed by atoms with Gasteiger partial charge in [0.2, 0.25) is 6.29 Å². The third-order valence-corrected chi connectivity index (χ3v) is 5.06. The van der Waals surface area contributed by atoms with Gasteiger partial charge in [0.25, 0.3) is 0 Å². The third-order valence-electron chi connectivity index (χ3n) is 5.06. The number of anilines is 1. The third kappa shape index (κ3) is 10.5. The Bertz CT molecular complexity index is 888. The van der Waals surface area contributed by atoms with Crippen LogP contribution in [0.2, 0.25) is 0 Å². The van der Waals surface area contributed by atoms with Crippen molar-refractivity contribution in [3.05, 3.63) is 23.8 Å². The van der Waals surface area contributed by atoms with E-state index in [0.717, 1.165) is 6.42 Å². The molecular weight excluding hydrogens is 474 g/mol. The first-order valence-electron chi connectivity index (χ1n) is 12.1. The highest BCUT2D eigenvalue weighted by Gasteiger charge is 2.42. The number of benzene rings is 1. The fourth-order valence-electron chi connectivity index (χ4n) is 3.29. The van der Waals surface area contributed by atoms with Crippen LogP contribution in [-0.2, 0) is 28.6 Å². The van der Waals surface area contributed by atoms with Gasteiger partial charge < -0.3 is 34.9 Å². The van der Waals surface area contributed by atoms with E-state index in [4.69, 9.17) is 29.8 Å². The predicted molar refractivity (Wildman–Crippen MR) is 130 cm³/mol. The number of aliphatic carboxylic acids is 1. The number of carbonyl (C=O) groups is 4. The molecule has 0 spiro atoms. The van der Waals surface area contributed by atoms with Crippen molar-refractivity contribution in [2.45, 2.75) is 97.2 Å². The molecule has 11 heteroatoms. The second-order valence-electron chi connectivity index (χ2n) is 8.32. The van der Waals surface area contributed by atoms with Crippen LogP contribution in [-0.4, -0.2) is 58.7 Å². The highest BCUT2D eigenvalue weighted by molar-refractivity contribution is 5.92. The SMILES string of the molecule is CCCC(=O)O.CCCC(=O)OC1C[C@@H](OC(=O)CCC)C(Oc2ccc(N)cc2C(=O)O)O[C@H]1C. The van der Waals surface area contributed by atoms with E-state index in [0.29, 0.717) is 19.3 Å². The van der Waals surface area contributed by atoms with Gasteiger partial charge in [-0.2, -0.15) is 0 Å². The lowest BCUT2D eigenvalue weighted by Crippen LogP contribution is -2.51. The van der Waals surface area contributed by atoms with Gasteiger partial charge in [0.1, 0.15) is 17.4 Å². The minimum absolute atomic E-state index is 0.0341. The van der Waals surface area contributed by atoms with Crippen molar-refractivity contribution in [1.82, 2.24) is 0 Å². The lowest BCUT2D eigenvalue weighted by atomic mass is 10.0. The monoisotopic (exact) mass is 511 g/mol. The zero-order chi connectivity index (χ0) is 27.3. The molecule has 1 fully saturated rings. The predicted octanol–water partition coefficient (Wildman–Crippen LogP) is 3.78. The maximum Gasteiger partial charge on any atom is 0.339 e. The fourth-order valence-corrected chi connectivity index (χ4v) is 3.29. The highest BCUT2D eigenvalue weighted by atomic mass is 16.7. The van der Waals surface area contributed by atoms with Crippen LogP contribution < -0.4 is 10.5 Å². The Kier molecular flexibility index (Phi) is 13.3. The van der Waals surface area contributed by atoms with E-state index in [-0.39, 0.29) is 42.2 Å². The van der Waals surface area contributed by atoms with Crippen molar-refractivity contribution >= 4 is 29.6 Å². The molecule has 1 aliphatic heterocycles. The number of carboxylic acid groups (broad SMARTS) is 2. The first-order valence-corrected chi connectivity index (χ1v) is 12.1. The Balaban J connectivity index is 0.000000960. The molecular formula is C25H37NO10. The number of carbonyl (C=O) groups excluding carboxylic acids is 2. The largest absolute Gasteiger partial charge is 0.481 e. The van der Waals surface area contributed by atoms with Crippen molar-refractivity contribution < 1.29 is 48.3 Å². The minimum atomic E-state index is -1.22. The van der Waals surface area contributed by atoms with Gasteiger partial charge >= 0.3 is 23.9 Å². The van der Waals surface area contributed by atoms with Crippen LogP contribution in [0.25, 0.3) is 0 Å². The van der Waals surface area contributed by atoms with Crippen molar-refractivity contribution in [3.8, 4) is 5.75 Å². The Morgan fingerprint density at radius 2 is 1.50 bits per heavy atom. The van der Waals surface area contributed by atoms with Gasteiger partial charge in [-0.15, -0.1) is 0 Å². The fraction of sp³-hybridized carbons (Fsp3) is 0.600. The van der Waals surface area contributed by atoms with Crippen molar-refractivity contribution in [1.29, 1.82) is 0 Å². The molecule has 0 saturated carbocycles. The van der Waals surface area contributed by atoms with Gasteiger partial charge in [-0.25, -0.2) is 4.79 Å². The summed E-state index contributed by atoms with van der Waals surface area (Å²) in [6.07, 6.45) is -0.169. The number of aromatic carboxylic acids is 1. The summed E-state index contributed by atoms with van der Waals surface area (Å²) >= 11 is 0. The number of hydrogen-bond donors (Lipinski definition) is 3. The van der Waals surface area contributed by atoms with Gasteiger partial charge in [-0.1, -0.05) is 20.8 Å². The van der Waals surface area contributed by atoms with Crippen LogP contribution in [0.15, 0.2) is 18.2 Å². The van der Waals surface area contributed by atoms with E-state index >= 15 is 0 Å². The summed E-state index contributed by atoms with van der Waals surface area (Å²) in [5.74, 6) is -2.69. The van der Waals surface area contributed by atoms with Gasteiger partial charge in [0.15, 0.2) is 6.10 Å². The second-order valence-corrected chi connectivity index (χ2v) is 8.32. The lowest BCUT2D eigenvalue weighted by Gasteiger charge is -2.39. The van der Waals surface area contributed by atoms with Gasteiger partial charge in [-0.3, -0.25) is 14.4 Å². The van der Waals surface area contributed by atoms with Crippen LogP contribution in [0.1, 0.15) is 83.0 Å². The summed E-state index contributed by atoms with van der Waals surface area (Å²) < 4.78 is 22.6. The number of hydrogen-bond acceptors (Lipinski definition) is 9. The zero-order valence-corrected chi connectivity index (χ0v) is 21.2. The minimum Gasteiger partial charge on any atom is -0.481 e. The summed E-state index contributed by atoms with van der Waals surface area (Å²) in [6, 6.07) is 4.20. The number of esters is 2. The maximum atomic E-state index is 12.1. The van der Waals surface area contributed by atoms with Crippen LogP contribution in [0.4, 0.5) is 5.69 Å². The topological polar surface area (TPSA) is 172 Å². The molecule has 0 radical (unpaired) electrons. The molecule has 1 heterocycles. The van der Waals surface area contributed by atoms with Crippen LogP contribution in [0, 0.1) is 0 Å². The number of carboxylic acids is 2. The number of rotatable bonds is 11. The molecule has 202 valence electrons. The smallest absolute Gasteiger partial charge is 0.339 e. The first-order chi connectivity index (χ1) is 17.0. The molecule has 1 aliphatic rings. The Hall–Kier alpha value is -3.34. The molecule has 2 unspecified atom stereocenters. The molecule has 0 bridgehead atoms. The summed E-state index contributed by atoms with van der Waals surface area (Å²) in [5, 5.41) is 17.3. The van der Waals surface area contributed by atoms with E-state index in [9.17, 15) is 24.3 Å². The molecule has 2 rings (SSSR count). The standard InChI is InChI=1S/C21H29NO8.C4H8O2/c1-4-6-18(23)28-16-11-17(29-19(24)7-5-2)21(27-12(16)3)30-15-9-8-13(22)10-14(15)20(25)26;1-2-3-4(5)6/h8-10,12,16-17,21H,4-7,11,22H2,1-3H3,(H,25,26);2-3H2,1H3,(H,5,6)/t12-,16?,17+,21?;/m0./s1. The van der Waals surface area contributed by atoms with E-state index in [1.54, 1.807) is 6.92 Å². The molecule has 1 saturated heterocycles. The van der Waals surface area contributed by atoms with Crippen molar-refractivity contribution in [3.63, 3.8) is 0 Å². The summed E-state index contributed by atoms with van der Waals surface area (Å²) in [4.78, 5) is 45.1. The van der Waals surface area contributed by atoms with Crippen molar-refractivity contribution in [2.75, 3.05) is 5.73 Å². The number of nitrogen functional groups attached to an aromatic ring is 1. The maximum absolute atomic E-state index is 12.1. The van der Waals surface area contributed by atoms with Gasteiger partial charge in [-0.05, 0) is 44.4 Å². The number of nitrogens with two attached hydrogens (primary N) is 1. The highest BCUT2D eigenvalue weighted by Crippen LogP contribution is 2.30. The molecule has 4 atom stereocenters. The Morgan fingerprint density at radius 3 is 1.97 bits per heavy atom. The molecule has 0 amide bonds. The Labute approximate surface area is 210 Å². The quantitative estimate of drug-likeness (QED) is 0.291. The van der Waals surface area contributed by atoms with E-state index < -0.39 is 42.5 Å². The van der Waals surface area contributed by atoms with E-state index in [2.05, 4.69) is 0 Å². The van der Waals surface area contributed by atoms with Crippen LogP contribution in [0.5, 0.6) is 5.75 Å². The van der Waals surface area contributed by atoms with Gasteiger partial charge in [0, 0.05) is 31.4 Å². The normalized spacial score (nSPS) is 20.9. The first kappa shape index (κ1) is 30.7. The molecule has 11 nitrogen and oxygen atoms in total. The van der Waals surface area contributed by atoms with Crippen LogP contribution >= 0.6 is 0 Å². The lowest BCUT2D eigenvalue weighted by molar-refractivity contribution is -0.243. The number of ether oxygens (including phenoxy) is 4. The molecule has 0 aromatic heterocycles. The van der Waals surface area contributed by atoms with Crippen LogP contribution in [0.3, 0.4) is 0 Å². The molecule has 0 aliphatic carbocycles. The molecule has 1 aromatic carbocycles. The zero-order valence-electron chi connectivity index (χ0n) is 21.2. The Morgan fingerprint density at radius 1 is 0.944 bits per heavy atom. The average molecular weight is 512 g/mol. The average Bonchev–Trinajstić information content (AvgIpc) is 2.78.